The van der Waals surface area contributed by atoms with Gasteiger partial charge in [-0.25, -0.2) is 15.0 Å². The molecule has 0 spiro atoms. The Morgan fingerprint density at radius 1 is 0.385 bits per heavy atom. The van der Waals surface area contributed by atoms with Gasteiger partial charge in [-0.3, -0.25) is 0 Å². The lowest BCUT2D eigenvalue weighted by Gasteiger charge is -2.22. The van der Waals surface area contributed by atoms with Crippen molar-refractivity contribution in [2.75, 3.05) is 0 Å². The smallest absolute Gasteiger partial charge is 0.164 e. The Hall–Kier alpha value is -6.65. The first-order valence-electron chi connectivity index (χ1n) is 17.7. The first-order chi connectivity index (χ1) is 25.5. The molecule has 4 heteroatoms. The van der Waals surface area contributed by atoms with Crippen LogP contribution >= 0.6 is 0 Å². The first-order valence-corrected chi connectivity index (χ1v) is 17.7. The predicted molar refractivity (Wildman–Crippen MR) is 212 cm³/mol. The number of hydrogen-bond acceptors (Lipinski definition) is 4. The van der Waals surface area contributed by atoms with Crippen LogP contribution in [0.3, 0.4) is 0 Å². The van der Waals surface area contributed by atoms with Crippen LogP contribution in [0.5, 0.6) is 0 Å². The third kappa shape index (κ3) is 4.87. The van der Waals surface area contributed by atoms with Gasteiger partial charge in [0.1, 0.15) is 11.2 Å². The van der Waals surface area contributed by atoms with Crippen LogP contribution in [0, 0.1) is 0 Å². The molecule has 0 aliphatic heterocycles. The van der Waals surface area contributed by atoms with Crippen molar-refractivity contribution < 1.29 is 4.42 Å². The fourth-order valence-electron chi connectivity index (χ4n) is 7.87. The summed E-state index contributed by atoms with van der Waals surface area (Å²) in [6, 6.07) is 57.3. The van der Waals surface area contributed by atoms with E-state index in [0.717, 1.165) is 60.9 Å². The SMILES string of the molecule is CC1(C)c2ccccc2-c2ccc(-c3cc(-c4nc(-c5ccccc5)nc(-c5ccccc5)n4)cc(-c4cccc5c4oc4ccccc45)c3)cc21. The zero-order chi connectivity index (χ0) is 34.8. The Morgan fingerprint density at radius 3 is 1.69 bits per heavy atom. The summed E-state index contributed by atoms with van der Waals surface area (Å²) < 4.78 is 6.57. The number of para-hydroxylation sites is 2. The molecule has 0 radical (unpaired) electrons. The van der Waals surface area contributed by atoms with Crippen LogP contribution in [-0.4, -0.2) is 15.0 Å². The van der Waals surface area contributed by atoms with Gasteiger partial charge in [-0.2, -0.15) is 0 Å². The quantitative estimate of drug-likeness (QED) is 0.183. The van der Waals surface area contributed by atoms with Crippen molar-refractivity contribution in [1.82, 2.24) is 15.0 Å². The zero-order valence-electron chi connectivity index (χ0n) is 28.8. The van der Waals surface area contributed by atoms with Gasteiger partial charge in [-0.15, -0.1) is 0 Å². The highest BCUT2D eigenvalue weighted by Crippen LogP contribution is 2.50. The number of furan rings is 1. The molecule has 0 unspecified atom stereocenters. The maximum Gasteiger partial charge on any atom is 0.164 e. The topological polar surface area (TPSA) is 51.8 Å². The van der Waals surface area contributed by atoms with Gasteiger partial charge in [0.05, 0.1) is 0 Å². The lowest BCUT2D eigenvalue weighted by molar-refractivity contribution is 0.660. The Balaban J connectivity index is 1.22. The summed E-state index contributed by atoms with van der Waals surface area (Å²) in [5, 5.41) is 2.20. The molecule has 246 valence electrons. The van der Waals surface area contributed by atoms with Gasteiger partial charge >= 0.3 is 0 Å². The van der Waals surface area contributed by atoms with Crippen LogP contribution in [0.4, 0.5) is 0 Å². The van der Waals surface area contributed by atoms with E-state index in [9.17, 15) is 0 Å². The molecule has 7 aromatic carbocycles. The van der Waals surface area contributed by atoms with Gasteiger partial charge in [-0.1, -0.05) is 147 Å². The second-order valence-electron chi connectivity index (χ2n) is 14.0. The number of fused-ring (bicyclic) bond motifs is 6. The minimum absolute atomic E-state index is 0.119. The highest BCUT2D eigenvalue weighted by Gasteiger charge is 2.35. The molecular weight excluding hydrogens is 635 g/mol. The third-order valence-electron chi connectivity index (χ3n) is 10.5. The molecule has 0 bridgehead atoms. The normalized spacial score (nSPS) is 13.0. The minimum Gasteiger partial charge on any atom is -0.455 e. The monoisotopic (exact) mass is 667 g/mol. The molecule has 0 N–H and O–H groups in total. The number of benzene rings is 7. The average molecular weight is 668 g/mol. The summed E-state index contributed by atoms with van der Waals surface area (Å²) in [5.41, 5.74) is 14.0. The van der Waals surface area contributed by atoms with Gasteiger partial charge in [0.15, 0.2) is 17.5 Å². The Morgan fingerprint density at radius 2 is 0.942 bits per heavy atom. The molecular formula is C48H33N3O. The van der Waals surface area contributed by atoms with Crippen molar-refractivity contribution in [1.29, 1.82) is 0 Å². The lowest BCUT2D eigenvalue weighted by Crippen LogP contribution is -2.14. The minimum atomic E-state index is -0.119. The molecule has 2 aromatic heterocycles. The van der Waals surface area contributed by atoms with Crippen LogP contribution in [0.15, 0.2) is 168 Å². The fourth-order valence-corrected chi connectivity index (χ4v) is 7.87. The highest BCUT2D eigenvalue weighted by atomic mass is 16.3. The second kappa shape index (κ2) is 11.7. The zero-order valence-corrected chi connectivity index (χ0v) is 28.8. The Labute approximate surface area is 302 Å². The standard InChI is InChI=1S/C48H33N3O/c1-48(2)41-22-11-9-18-37(41)38-25-24-32(29-42(38)48)33-26-34(36-20-13-21-40-39-19-10-12-23-43(39)52-44(36)40)28-35(27-33)47-50-45(30-14-5-3-6-15-30)49-46(51-47)31-16-7-4-8-17-31/h3-29H,1-2H3. The van der Waals surface area contributed by atoms with Gasteiger partial charge in [0.2, 0.25) is 0 Å². The van der Waals surface area contributed by atoms with Crippen LogP contribution < -0.4 is 0 Å². The van der Waals surface area contributed by atoms with Gasteiger partial charge < -0.3 is 4.42 Å². The van der Waals surface area contributed by atoms with E-state index in [1.165, 1.54) is 22.3 Å². The van der Waals surface area contributed by atoms with Crippen LogP contribution in [0.2, 0.25) is 0 Å². The largest absolute Gasteiger partial charge is 0.455 e. The summed E-state index contributed by atoms with van der Waals surface area (Å²) in [6.07, 6.45) is 0. The molecule has 52 heavy (non-hydrogen) atoms. The molecule has 0 atom stereocenters. The summed E-state index contributed by atoms with van der Waals surface area (Å²) in [5.74, 6) is 1.88. The predicted octanol–water partition coefficient (Wildman–Crippen LogP) is 12.4. The molecule has 10 rings (SSSR count). The van der Waals surface area contributed by atoms with E-state index in [0.29, 0.717) is 17.5 Å². The average Bonchev–Trinajstić information content (AvgIpc) is 3.70. The van der Waals surface area contributed by atoms with Crippen molar-refractivity contribution in [3.63, 3.8) is 0 Å². The maximum absolute atomic E-state index is 6.57. The molecule has 0 saturated carbocycles. The summed E-state index contributed by atoms with van der Waals surface area (Å²) in [7, 11) is 0. The first kappa shape index (κ1) is 30.2. The van der Waals surface area contributed by atoms with E-state index >= 15 is 0 Å². The molecule has 1 aliphatic carbocycles. The summed E-state index contributed by atoms with van der Waals surface area (Å²) >= 11 is 0. The summed E-state index contributed by atoms with van der Waals surface area (Å²) in [4.78, 5) is 15.2. The van der Waals surface area contributed by atoms with Crippen molar-refractivity contribution in [3.8, 4) is 67.5 Å². The maximum atomic E-state index is 6.57. The fraction of sp³-hybridized carbons (Fsp3) is 0.0625. The number of rotatable bonds is 5. The van der Waals surface area contributed by atoms with E-state index in [-0.39, 0.29) is 5.41 Å². The van der Waals surface area contributed by atoms with E-state index in [1.807, 2.05) is 72.8 Å². The van der Waals surface area contributed by atoms with Crippen LogP contribution in [-0.2, 0) is 5.41 Å². The van der Waals surface area contributed by atoms with E-state index in [2.05, 4.69) is 105 Å². The van der Waals surface area contributed by atoms with Gasteiger partial charge in [0.25, 0.3) is 0 Å². The van der Waals surface area contributed by atoms with Gasteiger partial charge in [-0.05, 0) is 69.3 Å². The number of hydrogen-bond donors (Lipinski definition) is 0. The second-order valence-corrected chi connectivity index (χ2v) is 14.0. The molecule has 4 nitrogen and oxygen atoms in total. The number of aromatic nitrogens is 3. The molecule has 1 aliphatic rings. The van der Waals surface area contributed by atoms with Crippen LogP contribution in [0.1, 0.15) is 25.0 Å². The Bertz CT molecular complexity index is 2760. The highest BCUT2D eigenvalue weighted by molar-refractivity contribution is 6.09. The summed E-state index contributed by atoms with van der Waals surface area (Å²) in [6.45, 7) is 4.65. The van der Waals surface area contributed by atoms with E-state index in [4.69, 9.17) is 19.4 Å². The third-order valence-corrected chi connectivity index (χ3v) is 10.5. The van der Waals surface area contributed by atoms with E-state index < -0.39 is 0 Å². The lowest BCUT2D eigenvalue weighted by atomic mass is 9.81. The number of nitrogens with zero attached hydrogens (tertiary/aromatic N) is 3. The molecule has 0 saturated heterocycles. The Kier molecular flexibility index (Phi) is 6.80. The van der Waals surface area contributed by atoms with E-state index in [1.54, 1.807) is 0 Å². The van der Waals surface area contributed by atoms with Crippen molar-refractivity contribution >= 4 is 21.9 Å². The van der Waals surface area contributed by atoms with Gasteiger partial charge in [0, 0.05) is 38.4 Å². The van der Waals surface area contributed by atoms with Crippen molar-refractivity contribution in [2.24, 2.45) is 0 Å². The van der Waals surface area contributed by atoms with Crippen LogP contribution in [0.25, 0.3) is 89.5 Å². The molecule has 0 fully saturated rings. The van der Waals surface area contributed by atoms with Crippen molar-refractivity contribution in [2.45, 2.75) is 19.3 Å². The molecule has 2 heterocycles. The van der Waals surface area contributed by atoms with Crippen molar-refractivity contribution in [3.05, 3.63) is 175 Å². The molecule has 0 amide bonds. The molecule has 9 aromatic rings.